The first-order valence-corrected chi connectivity index (χ1v) is 7.81. The van der Waals surface area contributed by atoms with Gasteiger partial charge in [0, 0.05) is 13.1 Å². The minimum atomic E-state index is -0.769. The van der Waals surface area contributed by atoms with Crippen molar-refractivity contribution >= 4 is 12.0 Å². The quantitative estimate of drug-likeness (QED) is 0.784. The van der Waals surface area contributed by atoms with E-state index in [0.717, 1.165) is 19.3 Å². The van der Waals surface area contributed by atoms with Crippen LogP contribution >= 0.6 is 0 Å². The third-order valence-electron chi connectivity index (χ3n) is 4.26. The van der Waals surface area contributed by atoms with Gasteiger partial charge in [-0.05, 0) is 18.8 Å². The summed E-state index contributed by atoms with van der Waals surface area (Å²) in [5, 5.41) is 11.1. The highest BCUT2D eigenvalue weighted by Gasteiger charge is 2.30. The van der Waals surface area contributed by atoms with Crippen LogP contribution in [-0.2, 0) is 9.53 Å². The zero-order chi connectivity index (χ0) is 15.1. The first kappa shape index (κ1) is 15.6. The molecule has 116 valence electrons. The smallest absolute Gasteiger partial charge is 0.410 e. The van der Waals surface area contributed by atoms with E-state index in [2.05, 4.69) is 5.32 Å². The molecule has 1 heterocycles. The summed E-state index contributed by atoms with van der Waals surface area (Å²) < 4.78 is 5.38. The van der Waals surface area contributed by atoms with Gasteiger partial charge in [-0.25, -0.2) is 4.79 Å². The van der Waals surface area contributed by atoms with Gasteiger partial charge < -0.3 is 15.0 Å². The summed E-state index contributed by atoms with van der Waals surface area (Å²) >= 11 is 0. The number of ether oxygens (including phenoxy) is 1. The lowest BCUT2D eigenvalue weighted by Crippen LogP contribution is -2.47. The van der Waals surface area contributed by atoms with Crippen molar-refractivity contribution in [3.05, 3.63) is 0 Å². The standard InChI is InChI=1S/C15H23N3O3/c16-7-8-17-14(19)13(11-12-5-2-1-3-6-12)21-15(20)18-9-4-10-18/h12-13H,1-6,8-11H2,(H,17,19)/t13-/m0/s1. The lowest BCUT2D eigenvalue weighted by molar-refractivity contribution is -0.131. The van der Waals surface area contributed by atoms with E-state index in [1.165, 1.54) is 19.3 Å². The van der Waals surface area contributed by atoms with E-state index in [1.807, 2.05) is 6.07 Å². The van der Waals surface area contributed by atoms with Crippen LogP contribution in [0.1, 0.15) is 44.9 Å². The second-order valence-corrected chi connectivity index (χ2v) is 5.83. The highest BCUT2D eigenvalue weighted by Crippen LogP contribution is 2.28. The summed E-state index contributed by atoms with van der Waals surface area (Å²) in [5.41, 5.74) is 0. The maximum atomic E-state index is 12.1. The zero-order valence-electron chi connectivity index (χ0n) is 12.3. The molecular formula is C15H23N3O3. The van der Waals surface area contributed by atoms with Crippen LogP contribution in [0.15, 0.2) is 0 Å². The van der Waals surface area contributed by atoms with Gasteiger partial charge in [-0.2, -0.15) is 5.26 Å². The fraction of sp³-hybridized carbons (Fsp3) is 0.800. The molecule has 2 fully saturated rings. The van der Waals surface area contributed by atoms with Gasteiger partial charge in [-0.1, -0.05) is 32.1 Å². The third-order valence-corrected chi connectivity index (χ3v) is 4.26. The molecule has 1 atom stereocenters. The van der Waals surface area contributed by atoms with E-state index >= 15 is 0 Å². The van der Waals surface area contributed by atoms with Crippen molar-refractivity contribution in [1.29, 1.82) is 5.26 Å². The predicted molar refractivity (Wildman–Crippen MR) is 76.3 cm³/mol. The maximum Gasteiger partial charge on any atom is 0.410 e. The van der Waals surface area contributed by atoms with E-state index in [-0.39, 0.29) is 12.5 Å². The van der Waals surface area contributed by atoms with E-state index in [4.69, 9.17) is 10.00 Å². The van der Waals surface area contributed by atoms with Crippen molar-refractivity contribution in [3.8, 4) is 6.07 Å². The number of amides is 2. The molecule has 0 aromatic rings. The van der Waals surface area contributed by atoms with Crippen molar-refractivity contribution in [1.82, 2.24) is 10.2 Å². The SMILES string of the molecule is N#CCNC(=O)[C@H](CC1CCCCC1)OC(=O)N1CCC1. The molecule has 0 unspecified atom stereocenters. The summed E-state index contributed by atoms with van der Waals surface area (Å²) in [4.78, 5) is 25.6. The molecule has 2 amide bonds. The van der Waals surface area contributed by atoms with E-state index in [1.54, 1.807) is 4.90 Å². The Labute approximate surface area is 125 Å². The molecule has 1 aliphatic heterocycles. The van der Waals surface area contributed by atoms with Gasteiger partial charge in [-0.15, -0.1) is 0 Å². The van der Waals surface area contributed by atoms with Crippen molar-refractivity contribution in [2.45, 2.75) is 51.0 Å². The van der Waals surface area contributed by atoms with Gasteiger partial charge in [-0.3, -0.25) is 4.79 Å². The average Bonchev–Trinajstić information content (AvgIpc) is 2.43. The van der Waals surface area contributed by atoms with Gasteiger partial charge in [0.15, 0.2) is 6.10 Å². The molecule has 0 aromatic heterocycles. The molecule has 6 heteroatoms. The minimum absolute atomic E-state index is 0.0543. The number of likely N-dealkylation sites (tertiary alicyclic amines) is 1. The van der Waals surface area contributed by atoms with Crippen LogP contribution in [0.25, 0.3) is 0 Å². The lowest BCUT2D eigenvalue weighted by Gasteiger charge is -2.32. The Morgan fingerprint density at radius 1 is 1.24 bits per heavy atom. The summed E-state index contributed by atoms with van der Waals surface area (Å²) in [6, 6.07) is 1.87. The number of carbonyl (C=O) groups is 2. The Hall–Kier alpha value is -1.77. The summed E-state index contributed by atoms with van der Waals surface area (Å²) in [6.45, 7) is 1.35. The maximum absolute atomic E-state index is 12.1. The van der Waals surface area contributed by atoms with Crippen LogP contribution < -0.4 is 5.32 Å². The van der Waals surface area contributed by atoms with Crippen LogP contribution in [0.4, 0.5) is 4.79 Å². The molecule has 1 aliphatic carbocycles. The summed E-state index contributed by atoms with van der Waals surface area (Å²) in [7, 11) is 0. The Kier molecular flexibility index (Phi) is 5.85. The fourth-order valence-electron chi connectivity index (χ4n) is 2.87. The van der Waals surface area contributed by atoms with Crippen molar-refractivity contribution in [3.63, 3.8) is 0 Å². The predicted octanol–water partition coefficient (Wildman–Crippen LogP) is 1.81. The van der Waals surface area contributed by atoms with Crippen molar-refractivity contribution < 1.29 is 14.3 Å². The zero-order valence-corrected chi connectivity index (χ0v) is 12.3. The molecule has 6 nitrogen and oxygen atoms in total. The van der Waals surface area contributed by atoms with E-state index < -0.39 is 12.2 Å². The van der Waals surface area contributed by atoms with E-state index in [0.29, 0.717) is 25.4 Å². The van der Waals surface area contributed by atoms with Gasteiger partial charge in [0.2, 0.25) is 0 Å². The molecule has 1 saturated heterocycles. The molecule has 0 aromatic carbocycles. The van der Waals surface area contributed by atoms with Crippen LogP contribution in [0.3, 0.4) is 0 Å². The molecule has 0 radical (unpaired) electrons. The van der Waals surface area contributed by atoms with Crippen LogP contribution in [0, 0.1) is 17.2 Å². The number of nitrogens with one attached hydrogen (secondary N) is 1. The van der Waals surface area contributed by atoms with Gasteiger partial charge in [0.25, 0.3) is 5.91 Å². The fourth-order valence-corrected chi connectivity index (χ4v) is 2.87. The van der Waals surface area contributed by atoms with Crippen LogP contribution in [0.5, 0.6) is 0 Å². The van der Waals surface area contributed by atoms with Crippen molar-refractivity contribution in [2.75, 3.05) is 19.6 Å². The first-order valence-electron chi connectivity index (χ1n) is 7.81. The summed E-state index contributed by atoms with van der Waals surface area (Å²) in [6.07, 6.45) is 6.15. The van der Waals surface area contributed by atoms with Crippen LogP contribution in [0.2, 0.25) is 0 Å². The number of hydrogen-bond acceptors (Lipinski definition) is 4. The molecule has 1 saturated carbocycles. The van der Waals surface area contributed by atoms with Gasteiger partial charge in [0.1, 0.15) is 6.54 Å². The van der Waals surface area contributed by atoms with Gasteiger partial charge >= 0.3 is 6.09 Å². The lowest BCUT2D eigenvalue weighted by atomic mass is 9.85. The molecule has 2 aliphatic rings. The molecular weight excluding hydrogens is 270 g/mol. The molecule has 21 heavy (non-hydrogen) atoms. The highest BCUT2D eigenvalue weighted by molar-refractivity contribution is 5.83. The molecule has 0 spiro atoms. The molecule has 1 N–H and O–H groups in total. The highest BCUT2D eigenvalue weighted by atomic mass is 16.6. The molecule has 0 bridgehead atoms. The normalized spacial score (nSPS) is 20.0. The van der Waals surface area contributed by atoms with E-state index in [9.17, 15) is 9.59 Å². The largest absolute Gasteiger partial charge is 0.436 e. The second-order valence-electron chi connectivity index (χ2n) is 5.83. The topological polar surface area (TPSA) is 82.4 Å². The Morgan fingerprint density at radius 3 is 2.52 bits per heavy atom. The number of nitriles is 1. The third kappa shape index (κ3) is 4.62. The Balaban J connectivity index is 1.89. The molecule has 2 rings (SSSR count). The minimum Gasteiger partial charge on any atom is -0.436 e. The van der Waals surface area contributed by atoms with Crippen LogP contribution in [-0.4, -0.2) is 42.6 Å². The number of nitrogens with zero attached hydrogens (tertiary/aromatic N) is 2. The van der Waals surface area contributed by atoms with Crippen molar-refractivity contribution in [2.24, 2.45) is 5.92 Å². The Morgan fingerprint density at radius 2 is 1.95 bits per heavy atom. The van der Waals surface area contributed by atoms with Gasteiger partial charge in [0.05, 0.1) is 6.07 Å². The number of hydrogen-bond donors (Lipinski definition) is 1. The Bertz CT molecular complexity index is 409. The number of rotatable bonds is 5. The summed E-state index contributed by atoms with van der Waals surface area (Å²) in [5.74, 6) is 0.0803. The first-order chi connectivity index (χ1) is 10.2. The number of carbonyl (C=O) groups excluding carboxylic acids is 2. The average molecular weight is 293 g/mol. The second kappa shape index (κ2) is 7.87. The monoisotopic (exact) mass is 293 g/mol.